The summed E-state index contributed by atoms with van der Waals surface area (Å²) in [5.41, 5.74) is 10.3. The Kier molecular flexibility index (Phi) is 3.16. The molecule has 1 fully saturated rings. The van der Waals surface area contributed by atoms with Gasteiger partial charge in [-0.15, -0.1) is 0 Å². The van der Waals surface area contributed by atoms with Crippen LogP contribution in [0.3, 0.4) is 0 Å². The highest BCUT2D eigenvalue weighted by Crippen LogP contribution is 2.40. The van der Waals surface area contributed by atoms with Gasteiger partial charge >= 0.3 is 0 Å². The van der Waals surface area contributed by atoms with Gasteiger partial charge in [-0.05, 0) is 55.2 Å². The van der Waals surface area contributed by atoms with E-state index in [1.807, 2.05) is 0 Å². The summed E-state index contributed by atoms with van der Waals surface area (Å²) in [6, 6.07) is 6.88. The van der Waals surface area contributed by atoms with E-state index in [9.17, 15) is 5.11 Å². The quantitative estimate of drug-likeness (QED) is 0.857. The Hall–Kier alpha value is -0.860. The van der Waals surface area contributed by atoms with Crippen LogP contribution >= 0.6 is 0 Å². The van der Waals surface area contributed by atoms with Gasteiger partial charge in [0.1, 0.15) is 0 Å². The van der Waals surface area contributed by atoms with E-state index in [2.05, 4.69) is 18.2 Å². The SMILES string of the molecule is NCC1(Cc2ccc3c(c2)CCC3)CCCC1O. The molecule has 0 bridgehead atoms. The molecule has 0 heterocycles. The topological polar surface area (TPSA) is 46.2 Å². The second-order valence-corrected chi connectivity index (χ2v) is 6.11. The molecular formula is C16H23NO. The van der Waals surface area contributed by atoms with Crippen LogP contribution in [-0.2, 0) is 19.3 Å². The second kappa shape index (κ2) is 4.67. The van der Waals surface area contributed by atoms with Crippen LogP contribution in [0.2, 0.25) is 0 Å². The van der Waals surface area contributed by atoms with Crippen molar-refractivity contribution in [3.05, 3.63) is 34.9 Å². The molecule has 2 aliphatic carbocycles. The first-order chi connectivity index (χ1) is 8.73. The number of benzene rings is 1. The largest absolute Gasteiger partial charge is 0.392 e. The van der Waals surface area contributed by atoms with Crippen LogP contribution in [-0.4, -0.2) is 17.8 Å². The lowest BCUT2D eigenvalue weighted by Gasteiger charge is -2.31. The van der Waals surface area contributed by atoms with Crippen molar-refractivity contribution in [1.29, 1.82) is 0 Å². The zero-order chi connectivity index (χ0) is 12.6. The first-order valence-electron chi connectivity index (χ1n) is 7.22. The summed E-state index contributed by atoms with van der Waals surface area (Å²) in [6.07, 6.45) is 7.59. The molecule has 2 atom stereocenters. The second-order valence-electron chi connectivity index (χ2n) is 6.11. The molecule has 18 heavy (non-hydrogen) atoms. The third kappa shape index (κ3) is 1.98. The van der Waals surface area contributed by atoms with Crippen molar-refractivity contribution in [2.75, 3.05) is 6.54 Å². The molecule has 1 saturated carbocycles. The lowest BCUT2D eigenvalue weighted by atomic mass is 9.78. The molecule has 0 aliphatic heterocycles. The average molecular weight is 245 g/mol. The van der Waals surface area contributed by atoms with E-state index in [1.165, 1.54) is 36.0 Å². The lowest BCUT2D eigenvalue weighted by Crippen LogP contribution is -2.39. The van der Waals surface area contributed by atoms with Gasteiger partial charge in [0.25, 0.3) is 0 Å². The predicted octanol–water partition coefficient (Wildman–Crippen LogP) is 2.21. The average Bonchev–Trinajstić information content (AvgIpc) is 2.97. The molecule has 0 saturated heterocycles. The Labute approximate surface area is 109 Å². The van der Waals surface area contributed by atoms with E-state index in [0.717, 1.165) is 25.7 Å². The summed E-state index contributed by atoms with van der Waals surface area (Å²) in [7, 11) is 0. The lowest BCUT2D eigenvalue weighted by molar-refractivity contribution is 0.0588. The molecule has 0 spiro atoms. The van der Waals surface area contributed by atoms with Crippen molar-refractivity contribution in [1.82, 2.24) is 0 Å². The van der Waals surface area contributed by atoms with Gasteiger partial charge in [0.2, 0.25) is 0 Å². The Morgan fingerprint density at radius 3 is 2.78 bits per heavy atom. The summed E-state index contributed by atoms with van der Waals surface area (Å²) in [5.74, 6) is 0. The number of fused-ring (bicyclic) bond motifs is 1. The van der Waals surface area contributed by atoms with Gasteiger partial charge in [0.05, 0.1) is 6.10 Å². The molecule has 0 aromatic heterocycles. The van der Waals surface area contributed by atoms with Crippen molar-refractivity contribution in [2.45, 2.75) is 51.0 Å². The van der Waals surface area contributed by atoms with Crippen molar-refractivity contribution >= 4 is 0 Å². The molecule has 2 unspecified atom stereocenters. The van der Waals surface area contributed by atoms with Crippen molar-refractivity contribution in [2.24, 2.45) is 11.1 Å². The molecule has 0 amide bonds. The normalized spacial score (nSPS) is 30.7. The first-order valence-corrected chi connectivity index (χ1v) is 7.22. The summed E-state index contributed by atoms with van der Waals surface area (Å²) >= 11 is 0. The van der Waals surface area contributed by atoms with Crippen molar-refractivity contribution in [3.8, 4) is 0 Å². The predicted molar refractivity (Wildman–Crippen MR) is 73.5 cm³/mol. The van der Waals surface area contributed by atoms with Gasteiger partial charge in [0.15, 0.2) is 0 Å². The van der Waals surface area contributed by atoms with Gasteiger partial charge in [-0.2, -0.15) is 0 Å². The molecule has 3 N–H and O–H groups in total. The maximum Gasteiger partial charge on any atom is 0.0611 e. The number of hydrogen-bond acceptors (Lipinski definition) is 2. The van der Waals surface area contributed by atoms with Crippen molar-refractivity contribution in [3.63, 3.8) is 0 Å². The minimum absolute atomic E-state index is 0.0627. The summed E-state index contributed by atoms with van der Waals surface area (Å²) in [6.45, 7) is 0.602. The maximum atomic E-state index is 10.2. The van der Waals surface area contributed by atoms with Crippen LogP contribution in [0.15, 0.2) is 18.2 Å². The van der Waals surface area contributed by atoms with Crippen LogP contribution in [0, 0.1) is 5.41 Å². The smallest absolute Gasteiger partial charge is 0.0611 e. The van der Waals surface area contributed by atoms with Crippen molar-refractivity contribution < 1.29 is 5.11 Å². The highest BCUT2D eigenvalue weighted by Gasteiger charge is 2.40. The fourth-order valence-electron chi connectivity index (χ4n) is 3.78. The molecular weight excluding hydrogens is 222 g/mol. The van der Waals surface area contributed by atoms with Crippen LogP contribution in [0.5, 0.6) is 0 Å². The number of aliphatic hydroxyl groups excluding tert-OH is 1. The van der Waals surface area contributed by atoms with Gasteiger partial charge in [-0.1, -0.05) is 24.6 Å². The van der Waals surface area contributed by atoms with E-state index in [0.29, 0.717) is 6.54 Å². The van der Waals surface area contributed by atoms with E-state index in [4.69, 9.17) is 5.73 Å². The van der Waals surface area contributed by atoms with E-state index >= 15 is 0 Å². The van der Waals surface area contributed by atoms with Crippen LogP contribution < -0.4 is 5.73 Å². The van der Waals surface area contributed by atoms with Gasteiger partial charge in [-0.3, -0.25) is 0 Å². The molecule has 1 aromatic carbocycles. The third-order valence-electron chi connectivity index (χ3n) is 4.98. The van der Waals surface area contributed by atoms with E-state index in [1.54, 1.807) is 0 Å². The minimum Gasteiger partial charge on any atom is -0.392 e. The molecule has 2 heteroatoms. The fraction of sp³-hybridized carbons (Fsp3) is 0.625. The number of nitrogens with two attached hydrogens (primary N) is 1. The standard InChI is InChI=1S/C16H23NO/c17-11-16(8-2-5-15(16)18)10-12-6-7-13-3-1-4-14(13)9-12/h6-7,9,15,18H,1-5,8,10-11,17H2. The van der Waals surface area contributed by atoms with E-state index in [-0.39, 0.29) is 11.5 Å². The summed E-state index contributed by atoms with van der Waals surface area (Å²) in [5, 5.41) is 10.2. The highest BCUT2D eigenvalue weighted by atomic mass is 16.3. The third-order valence-corrected chi connectivity index (χ3v) is 4.98. The Balaban J connectivity index is 1.83. The zero-order valence-corrected chi connectivity index (χ0v) is 11.0. The van der Waals surface area contributed by atoms with Crippen LogP contribution in [0.1, 0.15) is 42.4 Å². The Bertz CT molecular complexity index is 443. The molecule has 1 aromatic rings. The minimum atomic E-state index is -0.212. The summed E-state index contributed by atoms with van der Waals surface area (Å²) in [4.78, 5) is 0. The number of aryl methyl sites for hydroxylation is 2. The number of aliphatic hydroxyl groups is 1. The number of hydrogen-bond donors (Lipinski definition) is 2. The Morgan fingerprint density at radius 2 is 2.06 bits per heavy atom. The monoisotopic (exact) mass is 245 g/mol. The fourth-order valence-corrected chi connectivity index (χ4v) is 3.78. The van der Waals surface area contributed by atoms with Gasteiger partial charge in [-0.25, -0.2) is 0 Å². The molecule has 2 nitrogen and oxygen atoms in total. The molecule has 0 radical (unpaired) electrons. The first kappa shape index (κ1) is 12.2. The maximum absolute atomic E-state index is 10.2. The van der Waals surface area contributed by atoms with Crippen LogP contribution in [0.4, 0.5) is 0 Å². The molecule has 3 rings (SSSR count). The Morgan fingerprint density at radius 1 is 1.22 bits per heavy atom. The molecule has 2 aliphatic rings. The molecule has 98 valence electrons. The van der Waals surface area contributed by atoms with Gasteiger partial charge in [0, 0.05) is 12.0 Å². The van der Waals surface area contributed by atoms with Crippen LogP contribution in [0.25, 0.3) is 0 Å². The zero-order valence-electron chi connectivity index (χ0n) is 11.0. The summed E-state index contributed by atoms with van der Waals surface area (Å²) < 4.78 is 0. The highest BCUT2D eigenvalue weighted by molar-refractivity contribution is 5.36. The number of rotatable bonds is 3. The van der Waals surface area contributed by atoms with Gasteiger partial charge < -0.3 is 10.8 Å². The van der Waals surface area contributed by atoms with E-state index < -0.39 is 0 Å².